The van der Waals surface area contributed by atoms with Crippen LogP contribution in [0.5, 0.6) is 11.5 Å². The Labute approximate surface area is 327 Å². The van der Waals surface area contributed by atoms with Gasteiger partial charge in [-0.2, -0.15) is 0 Å². The Morgan fingerprint density at radius 3 is 1.54 bits per heavy atom. The molecule has 0 bridgehead atoms. The van der Waals surface area contributed by atoms with Crippen molar-refractivity contribution >= 4 is 29.7 Å². The molecule has 17 heteroatoms. The number of hydrogen-bond donors (Lipinski definition) is 0. The molecule has 3 fully saturated rings. The summed E-state index contributed by atoms with van der Waals surface area (Å²) in [4.78, 5) is 66.4. The fraction of sp³-hybridized carbons (Fsp3) is 0.475. The molecular formula is C40H44N6O11. The summed E-state index contributed by atoms with van der Waals surface area (Å²) in [5.74, 6) is -4.53. The van der Waals surface area contributed by atoms with Crippen molar-refractivity contribution in [3.05, 3.63) is 83.4 Å². The SMILES string of the molecule is CCOC(=O)Cn1cc(COc2ccc([C@H]3CC(=O)C[C@@H](c4ccc(OCc5cn(CC(=O)OCC)nn5)cc4)C34C(=O)OC3(CCCCC3)OC4=O)cc2)nn1. The molecule has 3 aliphatic rings. The summed E-state index contributed by atoms with van der Waals surface area (Å²) in [6, 6.07) is 13.7. The van der Waals surface area contributed by atoms with E-state index in [0.717, 1.165) is 19.3 Å². The lowest BCUT2D eigenvalue weighted by atomic mass is 9.55. The Morgan fingerprint density at radius 2 is 1.12 bits per heavy atom. The fourth-order valence-corrected chi connectivity index (χ4v) is 7.89. The second-order valence-corrected chi connectivity index (χ2v) is 14.3. The molecule has 2 aliphatic carbocycles. The number of nitrogens with zero attached hydrogens (tertiary/aromatic N) is 6. The van der Waals surface area contributed by atoms with Gasteiger partial charge in [0.15, 0.2) is 5.41 Å². The first-order valence-electron chi connectivity index (χ1n) is 19.1. The normalized spacial score (nSPS) is 19.8. The number of benzene rings is 2. The highest BCUT2D eigenvalue weighted by Gasteiger charge is 2.68. The van der Waals surface area contributed by atoms with Crippen LogP contribution in [0.15, 0.2) is 60.9 Å². The van der Waals surface area contributed by atoms with Crippen LogP contribution in [0.4, 0.5) is 0 Å². The summed E-state index contributed by atoms with van der Waals surface area (Å²) in [6.45, 7) is 3.94. The lowest BCUT2D eigenvalue weighted by Gasteiger charge is -2.52. The van der Waals surface area contributed by atoms with Gasteiger partial charge >= 0.3 is 23.9 Å². The van der Waals surface area contributed by atoms with E-state index in [1.165, 1.54) is 9.36 Å². The molecule has 0 unspecified atom stereocenters. The van der Waals surface area contributed by atoms with Crippen LogP contribution in [0, 0.1) is 5.41 Å². The number of aromatic nitrogens is 6. The number of ketones is 1. The zero-order valence-corrected chi connectivity index (χ0v) is 31.8. The molecule has 2 saturated carbocycles. The van der Waals surface area contributed by atoms with E-state index >= 15 is 0 Å². The van der Waals surface area contributed by atoms with Crippen LogP contribution in [-0.2, 0) is 69.2 Å². The maximum absolute atomic E-state index is 14.6. The molecule has 2 aromatic carbocycles. The van der Waals surface area contributed by atoms with E-state index in [9.17, 15) is 24.0 Å². The maximum Gasteiger partial charge on any atom is 0.328 e. The number of hydrogen-bond acceptors (Lipinski definition) is 15. The number of carbonyl (C=O) groups is 5. The lowest BCUT2D eigenvalue weighted by Crippen LogP contribution is -2.62. The molecule has 0 amide bonds. The molecule has 2 spiro atoms. The topological polar surface area (TPSA) is 202 Å². The number of rotatable bonds is 14. The van der Waals surface area contributed by atoms with Crippen molar-refractivity contribution in [2.24, 2.45) is 5.41 Å². The Hall–Kier alpha value is -6.13. The third-order valence-electron chi connectivity index (χ3n) is 10.5. The van der Waals surface area contributed by atoms with Gasteiger partial charge in [0.25, 0.3) is 5.79 Å². The standard InChI is InChI=1S/C40H44N6O11/c1-3-52-35(48)22-45-20-28(41-43-45)24-54-31-12-8-26(9-13-31)33-18-30(47)19-34(40(33)37(50)56-39(57-38(40)51)16-6-5-7-17-39)27-10-14-32(15-11-27)55-25-29-21-46(44-42-29)23-36(49)53-4-2/h8-15,20-21,33-34H,3-7,16-19,22-25H2,1-2H3/t33-,34+. The lowest BCUT2D eigenvalue weighted by molar-refractivity contribution is -0.275. The van der Waals surface area contributed by atoms with E-state index in [0.29, 0.717) is 46.9 Å². The smallest absolute Gasteiger partial charge is 0.328 e. The summed E-state index contributed by atoms with van der Waals surface area (Å²) < 4.78 is 36.9. The number of ether oxygens (including phenoxy) is 6. The summed E-state index contributed by atoms with van der Waals surface area (Å²) >= 11 is 0. The predicted molar refractivity (Wildman–Crippen MR) is 195 cm³/mol. The Balaban J connectivity index is 1.11. The molecular weight excluding hydrogens is 740 g/mol. The number of esters is 4. The van der Waals surface area contributed by atoms with Crippen LogP contribution < -0.4 is 9.47 Å². The van der Waals surface area contributed by atoms with Gasteiger partial charge in [0.05, 0.1) is 25.6 Å². The summed E-state index contributed by atoms with van der Waals surface area (Å²) in [6.07, 6.45) is 6.32. The van der Waals surface area contributed by atoms with Crippen LogP contribution >= 0.6 is 0 Å². The van der Waals surface area contributed by atoms with E-state index in [1.54, 1.807) is 74.8 Å². The van der Waals surface area contributed by atoms with Gasteiger partial charge in [-0.1, -0.05) is 41.1 Å². The zero-order valence-electron chi connectivity index (χ0n) is 31.8. The van der Waals surface area contributed by atoms with Crippen molar-refractivity contribution in [3.63, 3.8) is 0 Å². The van der Waals surface area contributed by atoms with E-state index in [1.807, 2.05) is 0 Å². The minimum Gasteiger partial charge on any atom is -0.487 e. The molecule has 0 N–H and O–H groups in total. The van der Waals surface area contributed by atoms with Crippen LogP contribution in [0.2, 0.25) is 0 Å². The van der Waals surface area contributed by atoms with E-state index < -0.39 is 46.9 Å². The van der Waals surface area contributed by atoms with Gasteiger partial charge in [-0.3, -0.25) is 24.0 Å². The molecule has 2 aromatic heterocycles. The molecule has 7 rings (SSSR count). The van der Waals surface area contributed by atoms with Crippen molar-refractivity contribution in [3.8, 4) is 11.5 Å². The van der Waals surface area contributed by atoms with Crippen LogP contribution in [0.25, 0.3) is 0 Å². The Morgan fingerprint density at radius 1 is 0.684 bits per heavy atom. The minimum absolute atomic E-state index is 0.0617. The van der Waals surface area contributed by atoms with Crippen molar-refractivity contribution < 1.29 is 52.4 Å². The van der Waals surface area contributed by atoms with Crippen LogP contribution in [0.3, 0.4) is 0 Å². The second-order valence-electron chi connectivity index (χ2n) is 14.3. The molecule has 3 heterocycles. The maximum atomic E-state index is 14.6. The largest absolute Gasteiger partial charge is 0.487 e. The van der Waals surface area contributed by atoms with Crippen LogP contribution in [-0.4, -0.2) is 78.6 Å². The molecule has 57 heavy (non-hydrogen) atoms. The fourth-order valence-electron chi connectivity index (χ4n) is 7.89. The highest BCUT2D eigenvalue weighted by atomic mass is 16.7. The van der Waals surface area contributed by atoms with Crippen molar-refractivity contribution in [1.29, 1.82) is 0 Å². The Kier molecular flexibility index (Phi) is 11.6. The third kappa shape index (κ3) is 8.51. The highest BCUT2D eigenvalue weighted by Crippen LogP contribution is 2.59. The third-order valence-corrected chi connectivity index (χ3v) is 10.5. The summed E-state index contributed by atoms with van der Waals surface area (Å²) in [5, 5.41) is 16.0. The van der Waals surface area contributed by atoms with Gasteiger partial charge in [0.1, 0.15) is 55.0 Å². The average Bonchev–Trinajstić information content (AvgIpc) is 3.85. The first-order chi connectivity index (χ1) is 27.6. The summed E-state index contributed by atoms with van der Waals surface area (Å²) in [7, 11) is 0. The van der Waals surface area contributed by atoms with Gasteiger partial charge in [0, 0.05) is 37.5 Å². The van der Waals surface area contributed by atoms with Gasteiger partial charge in [-0.25, -0.2) is 9.36 Å². The van der Waals surface area contributed by atoms with E-state index in [4.69, 9.17) is 28.4 Å². The quantitative estimate of drug-likeness (QED) is 0.100. The molecule has 0 radical (unpaired) electrons. The van der Waals surface area contributed by atoms with Gasteiger partial charge in [-0.05, 0) is 62.1 Å². The first-order valence-corrected chi connectivity index (χ1v) is 19.1. The predicted octanol–water partition coefficient (Wildman–Crippen LogP) is 4.13. The average molecular weight is 785 g/mol. The van der Waals surface area contributed by atoms with Crippen molar-refractivity contribution in [2.75, 3.05) is 13.2 Å². The van der Waals surface area contributed by atoms with Gasteiger partial charge in [0.2, 0.25) is 0 Å². The molecule has 2 atom stereocenters. The highest BCUT2D eigenvalue weighted by molar-refractivity contribution is 6.06. The van der Waals surface area contributed by atoms with E-state index in [2.05, 4.69) is 20.6 Å². The van der Waals surface area contributed by atoms with Crippen LogP contribution in [0.1, 0.15) is 93.1 Å². The minimum atomic E-state index is -1.85. The molecule has 300 valence electrons. The Bertz CT molecular complexity index is 1950. The van der Waals surface area contributed by atoms with Crippen molar-refractivity contribution in [1.82, 2.24) is 30.0 Å². The van der Waals surface area contributed by atoms with E-state index in [-0.39, 0.29) is 58.1 Å². The number of Topliss-reactive ketones (excluding diaryl/α,β-unsaturated/α-hetero) is 1. The first kappa shape index (κ1) is 39.1. The monoisotopic (exact) mass is 784 g/mol. The zero-order chi connectivity index (χ0) is 40.0. The molecule has 17 nitrogen and oxygen atoms in total. The van der Waals surface area contributed by atoms with Gasteiger partial charge in [-0.15, -0.1) is 10.2 Å². The van der Waals surface area contributed by atoms with Gasteiger partial charge < -0.3 is 28.4 Å². The molecule has 1 aliphatic heterocycles. The second kappa shape index (κ2) is 16.9. The molecule has 4 aromatic rings. The number of carbonyl (C=O) groups excluding carboxylic acids is 5. The van der Waals surface area contributed by atoms with Crippen molar-refractivity contribution in [2.45, 2.75) is 103 Å². The summed E-state index contributed by atoms with van der Waals surface area (Å²) in [5.41, 5.74) is 0.275. The molecule has 1 saturated heterocycles.